The molecule has 0 aliphatic carbocycles. The number of rotatable bonds is 5. The maximum absolute atomic E-state index is 11.5. The molecule has 1 aliphatic rings. The average molecular weight is 476 g/mol. The third-order valence-corrected chi connectivity index (χ3v) is 4.64. The summed E-state index contributed by atoms with van der Waals surface area (Å²) >= 11 is 0. The number of hydrogen-bond acceptors (Lipinski definition) is 12. The standard InChI is InChI=1S/C16H16O12S.2Na/c1-6-4-10(17)26-9-5-7(2-3-8(6)9)25-16-14(28-29(22,23)24)12(19)11(18)13(27-16)15(20)21;;/h2-5,11-14,16,18-19H,1H3,(H,20,21)(H,22,23,24);;/q;2*+1/p-2/t11-,12-,13+,14+,16+;;/m0../s1. The van der Waals surface area contributed by atoms with E-state index in [-0.39, 0.29) is 70.4 Å². The Labute approximate surface area is 219 Å². The van der Waals surface area contributed by atoms with Gasteiger partial charge in [0.2, 0.25) is 16.7 Å². The van der Waals surface area contributed by atoms with Gasteiger partial charge < -0.3 is 38.6 Å². The van der Waals surface area contributed by atoms with E-state index in [1.807, 2.05) is 0 Å². The summed E-state index contributed by atoms with van der Waals surface area (Å²) in [5.74, 6) is -2.03. The van der Waals surface area contributed by atoms with Gasteiger partial charge in [0.1, 0.15) is 29.6 Å². The zero-order valence-electron chi connectivity index (χ0n) is 16.6. The van der Waals surface area contributed by atoms with Crippen molar-refractivity contribution in [3.63, 3.8) is 0 Å². The van der Waals surface area contributed by atoms with Crippen LogP contribution >= 0.6 is 0 Å². The number of aliphatic hydroxyl groups excluding tert-OH is 2. The fraction of sp³-hybridized carbons (Fsp3) is 0.375. The predicted molar refractivity (Wildman–Crippen MR) is 88.1 cm³/mol. The van der Waals surface area contributed by atoms with Crippen molar-refractivity contribution in [1.82, 2.24) is 0 Å². The molecule has 2 N–H and O–H groups in total. The Morgan fingerprint density at radius 1 is 1.16 bits per heavy atom. The summed E-state index contributed by atoms with van der Waals surface area (Å²) in [6.45, 7) is 1.66. The van der Waals surface area contributed by atoms with Crippen LogP contribution in [0.25, 0.3) is 11.0 Å². The van der Waals surface area contributed by atoms with Crippen LogP contribution in [0.2, 0.25) is 0 Å². The van der Waals surface area contributed by atoms with Gasteiger partial charge in [0, 0.05) is 17.5 Å². The first kappa shape index (κ1) is 28.5. The van der Waals surface area contributed by atoms with Crippen molar-refractivity contribution >= 4 is 27.3 Å². The number of carboxylic acid groups (broad SMARTS) is 1. The number of ether oxygens (including phenoxy) is 2. The molecule has 12 nitrogen and oxygen atoms in total. The molecule has 2 heterocycles. The number of hydrogen-bond donors (Lipinski definition) is 2. The van der Waals surface area contributed by atoms with Crippen molar-refractivity contribution in [3.8, 4) is 5.75 Å². The normalized spacial score (nSPS) is 25.9. The average Bonchev–Trinajstić information content (AvgIpc) is 2.59. The number of aliphatic hydroxyl groups is 2. The Kier molecular flexibility index (Phi) is 10.2. The molecule has 0 amide bonds. The molecule has 5 atom stereocenters. The Hall–Kier alpha value is -0.550. The SMILES string of the molecule is Cc1cc(=O)oc2cc(O[C@@H]3O[C@@H](C(=O)[O-])[C@@H](O)[C@H](O)[C@H]3OS(=O)(=O)[O-])ccc12.[Na+].[Na+]. The Morgan fingerprint density at radius 2 is 1.81 bits per heavy atom. The van der Waals surface area contributed by atoms with Gasteiger partial charge in [-0.3, -0.25) is 4.18 Å². The van der Waals surface area contributed by atoms with Gasteiger partial charge in [-0.1, -0.05) is 0 Å². The van der Waals surface area contributed by atoms with Crippen LogP contribution in [0.3, 0.4) is 0 Å². The molecule has 0 unspecified atom stereocenters. The van der Waals surface area contributed by atoms with Gasteiger partial charge in [-0.05, 0) is 24.6 Å². The monoisotopic (exact) mass is 476 g/mol. The molecule has 0 saturated carbocycles. The van der Waals surface area contributed by atoms with Crippen LogP contribution in [0.4, 0.5) is 0 Å². The van der Waals surface area contributed by atoms with Crippen LogP contribution in [0.15, 0.2) is 33.5 Å². The summed E-state index contributed by atoms with van der Waals surface area (Å²) in [6.07, 6.45) is -10.5. The smallest absolute Gasteiger partial charge is 0.726 e. The number of fused-ring (bicyclic) bond motifs is 1. The number of carbonyl (C=O) groups excluding carboxylic acids is 1. The number of carboxylic acids is 1. The largest absolute Gasteiger partial charge is 1.00 e. The molecule has 1 fully saturated rings. The second-order valence-electron chi connectivity index (χ2n) is 6.22. The molecular weight excluding hydrogens is 462 g/mol. The number of benzene rings is 1. The predicted octanol–water partition coefficient (Wildman–Crippen LogP) is -8.47. The first-order valence-electron chi connectivity index (χ1n) is 8.04. The summed E-state index contributed by atoms with van der Waals surface area (Å²) in [5.41, 5.74) is 0.0514. The molecular formula is C16H14Na2O12S. The maximum Gasteiger partial charge on any atom is 1.00 e. The van der Waals surface area contributed by atoms with Gasteiger partial charge in [-0.2, -0.15) is 0 Å². The first-order chi connectivity index (χ1) is 13.5. The minimum atomic E-state index is -5.39. The van der Waals surface area contributed by atoms with Crippen LogP contribution < -0.4 is 74.6 Å². The molecule has 15 heteroatoms. The van der Waals surface area contributed by atoms with Gasteiger partial charge >= 0.3 is 64.7 Å². The molecule has 1 aliphatic heterocycles. The summed E-state index contributed by atoms with van der Waals surface area (Å²) < 4.78 is 52.3. The van der Waals surface area contributed by atoms with Crippen LogP contribution in [0.1, 0.15) is 5.56 Å². The topological polar surface area (TPSA) is 196 Å². The Balaban J connectivity index is 0.00000240. The molecule has 0 radical (unpaired) electrons. The molecule has 158 valence electrons. The van der Waals surface area contributed by atoms with Crippen molar-refractivity contribution in [1.29, 1.82) is 0 Å². The van der Waals surface area contributed by atoms with Gasteiger partial charge in [-0.25, -0.2) is 13.2 Å². The van der Waals surface area contributed by atoms with Crippen LogP contribution in [0, 0.1) is 6.92 Å². The van der Waals surface area contributed by atoms with E-state index in [4.69, 9.17) is 13.9 Å². The summed E-state index contributed by atoms with van der Waals surface area (Å²) in [7, 11) is -5.39. The third-order valence-electron chi connectivity index (χ3n) is 4.18. The van der Waals surface area contributed by atoms with Crippen LogP contribution in [0.5, 0.6) is 5.75 Å². The van der Waals surface area contributed by atoms with Gasteiger partial charge in [0.15, 0.2) is 6.10 Å². The van der Waals surface area contributed by atoms with E-state index in [0.29, 0.717) is 10.9 Å². The Morgan fingerprint density at radius 3 is 2.39 bits per heavy atom. The van der Waals surface area contributed by atoms with Crippen molar-refractivity contribution < 1.29 is 110 Å². The number of carbonyl (C=O) groups is 1. The second kappa shape index (κ2) is 11.0. The van der Waals surface area contributed by atoms with E-state index in [2.05, 4.69) is 4.18 Å². The molecule has 2 aromatic rings. The van der Waals surface area contributed by atoms with Crippen molar-refractivity contribution in [2.75, 3.05) is 0 Å². The fourth-order valence-corrected chi connectivity index (χ4v) is 3.35. The molecule has 1 aromatic carbocycles. The van der Waals surface area contributed by atoms with E-state index >= 15 is 0 Å². The van der Waals surface area contributed by atoms with Crippen molar-refractivity contribution in [2.24, 2.45) is 0 Å². The van der Waals surface area contributed by atoms with Crippen molar-refractivity contribution in [2.45, 2.75) is 37.6 Å². The summed E-state index contributed by atoms with van der Waals surface area (Å²) in [5, 5.41) is 31.5. The molecule has 0 bridgehead atoms. The molecule has 31 heavy (non-hydrogen) atoms. The van der Waals surface area contributed by atoms with E-state index in [1.165, 1.54) is 24.3 Å². The maximum atomic E-state index is 11.5. The third kappa shape index (κ3) is 6.72. The number of aryl methyl sites for hydroxylation is 1. The zero-order valence-corrected chi connectivity index (χ0v) is 21.4. The van der Waals surface area contributed by atoms with E-state index in [9.17, 15) is 37.9 Å². The van der Waals surface area contributed by atoms with E-state index < -0.39 is 52.7 Å². The summed E-state index contributed by atoms with van der Waals surface area (Å²) in [6, 6.07) is 5.33. The van der Waals surface area contributed by atoms with Gasteiger partial charge in [-0.15, -0.1) is 0 Å². The van der Waals surface area contributed by atoms with E-state index in [1.54, 1.807) is 6.92 Å². The molecule has 1 aromatic heterocycles. The fourth-order valence-electron chi connectivity index (χ4n) is 2.88. The number of aliphatic carboxylic acids is 1. The van der Waals surface area contributed by atoms with E-state index in [0.717, 1.165) is 0 Å². The van der Waals surface area contributed by atoms with Crippen LogP contribution in [-0.4, -0.2) is 59.9 Å². The quantitative estimate of drug-likeness (QED) is 0.179. The van der Waals surface area contributed by atoms with Gasteiger partial charge in [0.05, 0.1) is 5.97 Å². The molecule has 0 spiro atoms. The minimum absolute atomic E-state index is 0. The second-order valence-corrected chi connectivity index (χ2v) is 7.23. The summed E-state index contributed by atoms with van der Waals surface area (Å²) in [4.78, 5) is 22.6. The molecule has 1 saturated heterocycles. The van der Waals surface area contributed by atoms with Crippen molar-refractivity contribution in [3.05, 3.63) is 40.2 Å². The molecule has 3 rings (SSSR count). The first-order valence-corrected chi connectivity index (χ1v) is 9.37. The zero-order chi connectivity index (χ0) is 21.5. The van der Waals surface area contributed by atoms with Crippen LogP contribution in [-0.2, 0) is 24.1 Å². The minimum Gasteiger partial charge on any atom is -0.726 e. The Bertz CT molecular complexity index is 1100. The van der Waals surface area contributed by atoms with Gasteiger partial charge in [0.25, 0.3) is 0 Å².